The second-order valence-corrected chi connectivity index (χ2v) is 5.24. The monoisotopic (exact) mass is 250 g/mol. The third kappa shape index (κ3) is 1.67. The summed E-state index contributed by atoms with van der Waals surface area (Å²) < 4.78 is 5.92. The summed E-state index contributed by atoms with van der Waals surface area (Å²) >= 11 is 0. The van der Waals surface area contributed by atoms with Crippen LogP contribution in [0.25, 0.3) is 6.08 Å². The number of ether oxygens (including phenoxy) is 1. The van der Waals surface area contributed by atoms with Crippen LogP contribution in [0.3, 0.4) is 0 Å². The number of allylic oxidation sites excluding steroid dienone is 4. The van der Waals surface area contributed by atoms with Gasteiger partial charge in [-0.1, -0.05) is 24.3 Å². The summed E-state index contributed by atoms with van der Waals surface area (Å²) in [5, 5.41) is 0. The van der Waals surface area contributed by atoms with Crippen molar-refractivity contribution in [2.75, 3.05) is 0 Å². The van der Waals surface area contributed by atoms with Crippen LogP contribution in [0.1, 0.15) is 29.5 Å². The third-order valence-corrected chi connectivity index (χ3v) is 4.03. The van der Waals surface area contributed by atoms with Gasteiger partial charge in [0.2, 0.25) is 0 Å². The van der Waals surface area contributed by atoms with Crippen molar-refractivity contribution >= 4 is 11.9 Å². The number of fused-ring (bicyclic) bond motifs is 4. The molecule has 19 heavy (non-hydrogen) atoms. The van der Waals surface area contributed by atoms with Gasteiger partial charge in [0.15, 0.2) is 5.78 Å². The van der Waals surface area contributed by atoms with Crippen LogP contribution in [0, 0.1) is 0 Å². The summed E-state index contributed by atoms with van der Waals surface area (Å²) in [6.45, 7) is 0. The van der Waals surface area contributed by atoms with Crippen LogP contribution >= 0.6 is 0 Å². The van der Waals surface area contributed by atoms with Crippen LogP contribution in [0.5, 0.6) is 5.75 Å². The molecule has 0 atom stereocenters. The highest BCUT2D eigenvalue weighted by Gasteiger charge is 2.26. The summed E-state index contributed by atoms with van der Waals surface area (Å²) in [5.41, 5.74) is 5.19. The van der Waals surface area contributed by atoms with Crippen molar-refractivity contribution in [3.63, 3.8) is 0 Å². The summed E-state index contributed by atoms with van der Waals surface area (Å²) in [6.07, 6.45) is 11.7. The first-order valence-electron chi connectivity index (χ1n) is 6.74. The zero-order valence-corrected chi connectivity index (χ0v) is 10.6. The van der Waals surface area contributed by atoms with Crippen molar-refractivity contribution in [2.45, 2.75) is 25.7 Å². The highest BCUT2D eigenvalue weighted by Crippen LogP contribution is 2.39. The molecular weight excluding hydrogens is 236 g/mol. The molecule has 0 N–H and O–H groups in total. The lowest BCUT2D eigenvalue weighted by Gasteiger charge is -2.27. The number of ketones is 1. The fourth-order valence-electron chi connectivity index (χ4n) is 3.05. The lowest BCUT2D eigenvalue weighted by atomic mass is 9.86. The first-order chi connectivity index (χ1) is 9.31. The van der Waals surface area contributed by atoms with Crippen molar-refractivity contribution in [3.05, 3.63) is 58.4 Å². The fourth-order valence-corrected chi connectivity index (χ4v) is 3.05. The molecule has 3 aliphatic rings. The molecule has 1 heterocycles. The van der Waals surface area contributed by atoms with Crippen molar-refractivity contribution < 1.29 is 9.53 Å². The number of carbonyl (C=O) groups is 1. The standard InChI is InChI=1S/C17H14O2/c18-13-7-5-12-9-15-14-4-2-1-3-11(14)6-8-16(15)19-17(12)10-13/h1,3,5-6,8,10H,2,4,7,9H2. The Morgan fingerprint density at radius 2 is 2.11 bits per heavy atom. The van der Waals surface area contributed by atoms with Crippen LogP contribution in [0.15, 0.2) is 41.7 Å². The molecule has 1 aliphatic heterocycles. The largest absolute Gasteiger partial charge is 0.457 e. The van der Waals surface area contributed by atoms with E-state index in [0.717, 1.165) is 36.3 Å². The second kappa shape index (κ2) is 3.95. The van der Waals surface area contributed by atoms with Gasteiger partial charge in [-0.05, 0) is 35.6 Å². The molecule has 0 fully saturated rings. The number of rotatable bonds is 0. The highest BCUT2D eigenvalue weighted by molar-refractivity contribution is 5.93. The normalized spacial score (nSPS) is 19.7. The average molecular weight is 250 g/mol. The number of hydrogen-bond acceptors (Lipinski definition) is 2. The van der Waals surface area contributed by atoms with E-state index in [1.807, 2.05) is 12.1 Å². The van der Waals surface area contributed by atoms with Gasteiger partial charge in [-0.15, -0.1) is 0 Å². The minimum atomic E-state index is 0.128. The molecule has 0 saturated heterocycles. The first-order valence-corrected chi connectivity index (χ1v) is 6.74. The summed E-state index contributed by atoms with van der Waals surface area (Å²) in [7, 11) is 0. The molecule has 0 amide bonds. The molecule has 2 nitrogen and oxygen atoms in total. The molecule has 0 radical (unpaired) electrons. The minimum Gasteiger partial charge on any atom is -0.457 e. The molecule has 1 aromatic rings. The van der Waals surface area contributed by atoms with E-state index in [9.17, 15) is 4.79 Å². The van der Waals surface area contributed by atoms with Crippen molar-refractivity contribution in [1.29, 1.82) is 0 Å². The molecule has 0 spiro atoms. The maximum absolute atomic E-state index is 11.5. The van der Waals surface area contributed by atoms with Gasteiger partial charge < -0.3 is 4.74 Å². The van der Waals surface area contributed by atoms with Gasteiger partial charge in [-0.2, -0.15) is 0 Å². The Balaban J connectivity index is 1.85. The number of hydrogen-bond donors (Lipinski definition) is 0. The minimum absolute atomic E-state index is 0.128. The van der Waals surface area contributed by atoms with Gasteiger partial charge in [0.05, 0.1) is 0 Å². The quantitative estimate of drug-likeness (QED) is 0.705. The van der Waals surface area contributed by atoms with Gasteiger partial charge in [-0.3, -0.25) is 4.79 Å². The Hall–Kier alpha value is -2.09. The molecule has 0 saturated carbocycles. The Bertz CT molecular complexity index is 675. The number of benzene rings is 1. The van der Waals surface area contributed by atoms with Gasteiger partial charge in [0, 0.05) is 24.5 Å². The Morgan fingerprint density at radius 1 is 1.16 bits per heavy atom. The SMILES string of the molecule is O=C1C=C2Oc3ccc4c(c3CC2=CC1)CCC=C4. The molecule has 4 rings (SSSR count). The zero-order chi connectivity index (χ0) is 12.8. The van der Waals surface area contributed by atoms with Crippen LogP contribution < -0.4 is 4.74 Å². The smallest absolute Gasteiger partial charge is 0.163 e. The van der Waals surface area contributed by atoms with Crippen LogP contribution in [0.4, 0.5) is 0 Å². The summed E-state index contributed by atoms with van der Waals surface area (Å²) in [5.74, 6) is 1.80. The summed E-state index contributed by atoms with van der Waals surface area (Å²) in [6, 6.07) is 4.14. The van der Waals surface area contributed by atoms with E-state index in [4.69, 9.17) is 4.74 Å². The molecule has 0 bridgehead atoms. The van der Waals surface area contributed by atoms with Gasteiger partial charge in [0.1, 0.15) is 11.5 Å². The van der Waals surface area contributed by atoms with Crippen LogP contribution in [-0.2, 0) is 17.6 Å². The summed E-state index contributed by atoms with van der Waals surface area (Å²) in [4.78, 5) is 11.5. The average Bonchev–Trinajstić information content (AvgIpc) is 2.45. The molecule has 2 heteroatoms. The van der Waals surface area contributed by atoms with E-state index in [1.54, 1.807) is 6.08 Å². The van der Waals surface area contributed by atoms with Crippen molar-refractivity contribution in [2.24, 2.45) is 0 Å². The predicted molar refractivity (Wildman–Crippen MR) is 73.9 cm³/mol. The fraction of sp³-hybridized carbons (Fsp3) is 0.235. The van der Waals surface area contributed by atoms with E-state index in [-0.39, 0.29) is 5.78 Å². The maximum atomic E-state index is 11.5. The topological polar surface area (TPSA) is 26.3 Å². The molecular formula is C17H14O2. The Morgan fingerprint density at radius 3 is 3.05 bits per heavy atom. The molecule has 0 aromatic heterocycles. The van der Waals surface area contributed by atoms with E-state index in [0.29, 0.717) is 6.42 Å². The number of carbonyl (C=O) groups excluding carboxylic acids is 1. The van der Waals surface area contributed by atoms with Gasteiger partial charge in [-0.25, -0.2) is 0 Å². The Labute approximate surface area is 112 Å². The van der Waals surface area contributed by atoms with Gasteiger partial charge in [0.25, 0.3) is 0 Å². The lowest BCUT2D eigenvalue weighted by Crippen LogP contribution is -2.17. The third-order valence-electron chi connectivity index (χ3n) is 4.03. The van der Waals surface area contributed by atoms with E-state index in [2.05, 4.69) is 18.2 Å². The van der Waals surface area contributed by atoms with Crippen molar-refractivity contribution in [1.82, 2.24) is 0 Å². The zero-order valence-electron chi connectivity index (χ0n) is 10.6. The second-order valence-electron chi connectivity index (χ2n) is 5.24. The van der Waals surface area contributed by atoms with E-state index in [1.165, 1.54) is 16.7 Å². The Kier molecular flexibility index (Phi) is 2.25. The maximum Gasteiger partial charge on any atom is 0.163 e. The highest BCUT2D eigenvalue weighted by atomic mass is 16.5. The predicted octanol–water partition coefficient (Wildman–Crippen LogP) is 3.36. The van der Waals surface area contributed by atoms with Crippen molar-refractivity contribution in [3.8, 4) is 5.75 Å². The molecule has 0 unspecified atom stereocenters. The van der Waals surface area contributed by atoms with E-state index < -0.39 is 0 Å². The lowest BCUT2D eigenvalue weighted by molar-refractivity contribution is -0.114. The molecule has 94 valence electrons. The van der Waals surface area contributed by atoms with Crippen LogP contribution in [0.2, 0.25) is 0 Å². The molecule has 2 aliphatic carbocycles. The first kappa shape index (κ1) is 10.8. The molecule has 1 aromatic carbocycles. The van der Waals surface area contributed by atoms with E-state index >= 15 is 0 Å². The van der Waals surface area contributed by atoms with Gasteiger partial charge >= 0.3 is 0 Å². The van der Waals surface area contributed by atoms with Crippen LogP contribution in [-0.4, -0.2) is 5.78 Å².